The Morgan fingerprint density at radius 3 is 2.55 bits per heavy atom. The smallest absolute Gasteiger partial charge is 0.192 e. The number of rotatable bonds is 17. The van der Waals surface area contributed by atoms with Crippen molar-refractivity contribution in [3.63, 3.8) is 0 Å². The quantitative estimate of drug-likeness (QED) is 0.0483. The van der Waals surface area contributed by atoms with Gasteiger partial charge in [0.2, 0.25) is 0 Å². The Morgan fingerprint density at radius 2 is 1.90 bits per heavy atom. The minimum Gasteiger partial charge on any atom is -0.504 e. The minimum atomic E-state index is -0.623. The van der Waals surface area contributed by atoms with Crippen molar-refractivity contribution in [3.8, 4) is 23.0 Å². The molecule has 2 aromatic carbocycles. The van der Waals surface area contributed by atoms with Gasteiger partial charge in [-0.25, -0.2) is 0 Å². The van der Waals surface area contributed by atoms with Crippen LogP contribution in [-0.2, 0) is 22.4 Å². The van der Waals surface area contributed by atoms with Gasteiger partial charge in [-0.3, -0.25) is 9.79 Å². The summed E-state index contributed by atoms with van der Waals surface area (Å²) in [6.45, 7) is 1.43. The first-order valence-electron chi connectivity index (χ1n) is 13.3. The largest absolute Gasteiger partial charge is 0.504 e. The number of aldehydes is 1. The van der Waals surface area contributed by atoms with Crippen LogP contribution in [0.5, 0.6) is 23.0 Å². The zero-order valence-corrected chi connectivity index (χ0v) is 23.4. The number of nitrogens with two attached hydrogens (primary N) is 1. The van der Waals surface area contributed by atoms with Crippen LogP contribution in [0, 0.1) is 11.8 Å². The number of carbonyl (C=O) groups is 2. The normalized spacial score (nSPS) is 13.2. The number of allylic oxidation sites excluding steroid dienone is 2. The molecular formula is C30H41N3O7. The number of hydrogen-bond donors (Lipinski definition) is 5. The number of aryl methyl sites for hydroxylation is 1. The van der Waals surface area contributed by atoms with Crippen LogP contribution < -0.4 is 20.5 Å². The van der Waals surface area contributed by atoms with Crippen molar-refractivity contribution in [2.75, 3.05) is 26.3 Å². The molecule has 2 aromatic rings. The molecule has 0 aliphatic heterocycles. The standard InChI is InChI=1S/C30H41N3O7/c1-4-20(13-14-34)5-6-21(7-10-24(36)11-8-22-9-12-26(37)27(17-22)39-3)15-23-16-25(33-30(31)32-2)29(38)28(18-23)40-19-35/h7,9-10,12,14,16-18,20-21,35,37-38H,4-6,8,11,13,15,19H2,1-3H3,(H3,31,32,33)/t20-,21-/m1/s1. The fourth-order valence-corrected chi connectivity index (χ4v) is 4.37. The first kappa shape index (κ1) is 32.2. The van der Waals surface area contributed by atoms with E-state index in [1.165, 1.54) is 14.2 Å². The zero-order valence-electron chi connectivity index (χ0n) is 23.4. The molecule has 0 radical (unpaired) electrons. The number of anilines is 1. The molecule has 218 valence electrons. The highest BCUT2D eigenvalue weighted by Crippen LogP contribution is 2.37. The molecule has 10 nitrogen and oxygen atoms in total. The van der Waals surface area contributed by atoms with E-state index >= 15 is 0 Å². The van der Waals surface area contributed by atoms with Crippen molar-refractivity contribution in [1.82, 2.24) is 0 Å². The number of nitrogens with zero attached hydrogens (tertiary/aromatic N) is 1. The van der Waals surface area contributed by atoms with Gasteiger partial charge in [0, 0.05) is 19.9 Å². The SMILES string of the molecule is CC[C@@H](CC=O)CC[C@H](C=CC(=O)CCc1ccc(O)c(OC)c1)Cc1cc(NC(N)=NC)c(O)c(OCO)c1. The van der Waals surface area contributed by atoms with Gasteiger partial charge in [0.1, 0.15) is 6.29 Å². The van der Waals surface area contributed by atoms with Crippen molar-refractivity contribution in [2.24, 2.45) is 22.6 Å². The van der Waals surface area contributed by atoms with Crippen LogP contribution in [0.2, 0.25) is 0 Å². The summed E-state index contributed by atoms with van der Waals surface area (Å²) in [7, 11) is 2.98. The zero-order chi connectivity index (χ0) is 29.5. The molecule has 6 N–H and O–H groups in total. The maximum atomic E-state index is 12.8. The summed E-state index contributed by atoms with van der Waals surface area (Å²) in [6, 6.07) is 8.38. The van der Waals surface area contributed by atoms with E-state index in [1.807, 2.05) is 6.08 Å². The molecule has 0 aliphatic carbocycles. The Labute approximate surface area is 235 Å². The molecule has 0 fully saturated rings. The van der Waals surface area contributed by atoms with E-state index in [2.05, 4.69) is 17.2 Å². The third-order valence-electron chi connectivity index (χ3n) is 6.77. The summed E-state index contributed by atoms with van der Waals surface area (Å²) in [5.41, 5.74) is 7.73. The van der Waals surface area contributed by atoms with Gasteiger partial charge in [-0.05, 0) is 79.0 Å². The monoisotopic (exact) mass is 555 g/mol. The summed E-state index contributed by atoms with van der Waals surface area (Å²) in [6.07, 6.45) is 8.63. The van der Waals surface area contributed by atoms with Gasteiger partial charge in [0.25, 0.3) is 0 Å². The second-order valence-electron chi connectivity index (χ2n) is 9.55. The highest BCUT2D eigenvalue weighted by atomic mass is 16.6. The minimum absolute atomic E-state index is 0.0405. The summed E-state index contributed by atoms with van der Waals surface area (Å²) in [5.74, 6) is 0.535. The second kappa shape index (κ2) is 16.8. The van der Waals surface area contributed by atoms with Crippen LogP contribution in [0.25, 0.3) is 0 Å². The van der Waals surface area contributed by atoms with Gasteiger partial charge >= 0.3 is 0 Å². The summed E-state index contributed by atoms with van der Waals surface area (Å²) in [5, 5.41) is 32.4. The second-order valence-corrected chi connectivity index (χ2v) is 9.55. The van der Waals surface area contributed by atoms with Gasteiger partial charge in [0.15, 0.2) is 41.5 Å². The predicted octanol–water partition coefficient (Wildman–Crippen LogP) is 4.10. The fourth-order valence-electron chi connectivity index (χ4n) is 4.37. The molecule has 0 aromatic heterocycles. The fraction of sp³-hybridized carbons (Fsp3) is 0.433. The lowest BCUT2D eigenvalue weighted by molar-refractivity contribution is -0.114. The molecule has 0 amide bonds. The van der Waals surface area contributed by atoms with Crippen LogP contribution in [0.3, 0.4) is 0 Å². The van der Waals surface area contributed by atoms with E-state index in [0.29, 0.717) is 25.0 Å². The van der Waals surface area contributed by atoms with Crippen molar-refractivity contribution in [1.29, 1.82) is 0 Å². The number of carbonyl (C=O) groups excluding carboxylic acids is 2. The number of nitrogens with one attached hydrogen (secondary N) is 1. The predicted molar refractivity (Wildman–Crippen MR) is 155 cm³/mol. The lowest BCUT2D eigenvalue weighted by Gasteiger charge is -2.19. The van der Waals surface area contributed by atoms with E-state index in [4.69, 9.17) is 15.2 Å². The van der Waals surface area contributed by atoms with E-state index in [9.17, 15) is 24.9 Å². The number of methoxy groups -OCH3 is 1. The molecule has 2 atom stereocenters. The van der Waals surface area contributed by atoms with Crippen LogP contribution in [-0.4, -0.2) is 54.3 Å². The van der Waals surface area contributed by atoms with Crippen LogP contribution in [0.1, 0.15) is 50.2 Å². The van der Waals surface area contributed by atoms with Crippen LogP contribution >= 0.6 is 0 Å². The molecule has 40 heavy (non-hydrogen) atoms. The van der Waals surface area contributed by atoms with Crippen molar-refractivity contribution >= 4 is 23.7 Å². The molecule has 0 saturated carbocycles. The number of guanidine groups is 1. The van der Waals surface area contributed by atoms with Gasteiger partial charge in [-0.1, -0.05) is 25.5 Å². The maximum Gasteiger partial charge on any atom is 0.192 e. The molecule has 0 aliphatic rings. The lowest BCUT2D eigenvalue weighted by atomic mass is 9.88. The lowest BCUT2D eigenvalue weighted by Crippen LogP contribution is -2.22. The van der Waals surface area contributed by atoms with Crippen LogP contribution in [0.15, 0.2) is 47.5 Å². The average Bonchev–Trinajstić information content (AvgIpc) is 2.95. The Kier molecular flexibility index (Phi) is 13.5. The van der Waals surface area contributed by atoms with Crippen molar-refractivity contribution < 1.29 is 34.4 Å². The van der Waals surface area contributed by atoms with Gasteiger partial charge in [-0.2, -0.15) is 0 Å². The van der Waals surface area contributed by atoms with E-state index in [0.717, 1.165) is 36.7 Å². The number of benzene rings is 2. The Hall–Kier alpha value is -4.05. The summed E-state index contributed by atoms with van der Waals surface area (Å²) in [4.78, 5) is 27.7. The van der Waals surface area contributed by atoms with Crippen molar-refractivity contribution in [2.45, 2.75) is 51.9 Å². The molecule has 0 unspecified atom stereocenters. The van der Waals surface area contributed by atoms with Gasteiger partial charge in [-0.15, -0.1) is 0 Å². The molecule has 10 heteroatoms. The van der Waals surface area contributed by atoms with E-state index < -0.39 is 6.79 Å². The Bertz CT molecular complexity index is 1180. The number of phenols is 2. The molecule has 0 bridgehead atoms. The first-order valence-corrected chi connectivity index (χ1v) is 13.3. The number of hydrogen-bond acceptors (Lipinski definition) is 8. The Balaban J connectivity index is 2.24. The third-order valence-corrected chi connectivity index (χ3v) is 6.77. The molecule has 0 saturated heterocycles. The van der Waals surface area contributed by atoms with Crippen LogP contribution in [0.4, 0.5) is 5.69 Å². The maximum absolute atomic E-state index is 12.8. The van der Waals surface area contributed by atoms with E-state index in [-0.39, 0.29) is 52.9 Å². The molecule has 0 spiro atoms. The van der Waals surface area contributed by atoms with Crippen molar-refractivity contribution in [3.05, 3.63) is 53.6 Å². The highest BCUT2D eigenvalue weighted by Gasteiger charge is 2.17. The molecule has 0 heterocycles. The molecular weight excluding hydrogens is 514 g/mol. The number of ether oxygens (including phenoxy) is 2. The number of aliphatic hydroxyl groups excluding tert-OH is 1. The Morgan fingerprint density at radius 1 is 1.15 bits per heavy atom. The van der Waals surface area contributed by atoms with Gasteiger partial charge < -0.3 is 40.6 Å². The highest BCUT2D eigenvalue weighted by molar-refractivity contribution is 5.94. The third kappa shape index (κ3) is 10.3. The van der Waals surface area contributed by atoms with Gasteiger partial charge in [0.05, 0.1) is 12.8 Å². The topological polar surface area (TPSA) is 164 Å². The summed E-state index contributed by atoms with van der Waals surface area (Å²) >= 11 is 0. The summed E-state index contributed by atoms with van der Waals surface area (Å²) < 4.78 is 10.3. The molecule has 2 rings (SSSR count). The van der Waals surface area contributed by atoms with E-state index in [1.54, 1.807) is 36.4 Å². The number of ketones is 1. The number of phenolic OH excluding ortho intramolecular Hbond substituents is 2. The average molecular weight is 556 g/mol. The number of aliphatic imine (C=N–C) groups is 1. The number of aliphatic hydroxyl groups is 1. The first-order chi connectivity index (χ1) is 19.2. The number of aromatic hydroxyl groups is 2.